The Hall–Kier alpha value is -3.51. The van der Waals surface area contributed by atoms with Crippen LogP contribution in [0.4, 0.5) is 11.4 Å². The van der Waals surface area contributed by atoms with Crippen molar-refractivity contribution in [1.29, 1.82) is 0 Å². The Balaban J connectivity index is 1.32. The Labute approximate surface area is 165 Å². The number of hydrogen-bond acceptors (Lipinski definition) is 6. The lowest BCUT2D eigenvalue weighted by Gasteiger charge is -2.26. The molecule has 0 amide bonds. The molecule has 3 aromatic carbocycles. The highest BCUT2D eigenvalue weighted by atomic mass is 32.1. The zero-order valence-electron chi connectivity index (χ0n) is 14.7. The van der Waals surface area contributed by atoms with Crippen molar-refractivity contribution in [1.82, 2.24) is 0 Å². The number of nitrogens with one attached hydrogen (secondary N) is 2. The van der Waals surface area contributed by atoms with E-state index in [0.717, 1.165) is 33.0 Å². The van der Waals surface area contributed by atoms with Gasteiger partial charge in [-0.15, -0.1) is 11.3 Å². The number of para-hydroxylation sites is 1. The van der Waals surface area contributed by atoms with Crippen molar-refractivity contribution in [2.24, 2.45) is 0 Å². The van der Waals surface area contributed by atoms with Crippen molar-refractivity contribution in [3.8, 4) is 11.5 Å². The summed E-state index contributed by atoms with van der Waals surface area (Å²) in [7, 11) is 0. The summed E-state index contributed by atoms with van der Waals surface area (Å²) < 4.78 is 12.3. The molecule has 0 radical (unpaired) electrons. The number of carbonyl (C=O) groups excluding carboxylic acids is 1. The molecule has 5 nitrogen and oxygen atoms in total. The van der Waals surface area contributed by atoms with Crippen molar-refractivity contribution in [2.75, 3.05) is 10.6 Å². The fraction of sp³-hybridized carbons (Fsp3) is 0.0455. The van der Waals surface area contributed by atoms with Gasteiger partial charge in [-0.2, -0.15) is 0 Å². The largest absolute Gasteiger partial charge is 0.457 e. The van der Waals surface area contributed by atoms with E-state index in [1.54, 1.807) is 0 Å². The fourth-order valence-corrected chi connectivity index (χ4v) is 4.16. The number of benzene rings is 3. The second-order valence-electron chi connectivity index (χ2n) is 6.32. The van der Waals surface area contributed by atoms with Gasteiger partial charge >= 0.3 is 5.97 Å². The predicted molar refractivity (Wildman–Crippen MR) is 111 cm³/mol. The van der Waals surface area contributed by atoms with Crippen LogP contribution in [0.1, 0.15) is 9.67 Å². The first-order valence-corrected chi connectivity index (χ1v) is 9.66. The Morgan fingerprint density at radius 3 is 2.43 bits per heavy atom. The topological polar surface area (TPSA) is 59.6 Å². The van der Waals surface area contributed by atoms with Gasteiger partial charge in [-0.25, -0.2) is 4.79 Å². The molecule has 1 aromatic heterocycles. The minimum absolute atomic E-state index is 0.323. The molecule has 1 unspecified atom stereocenters. The van der Waals surface area contributed by atoms with E-state index in [-0.39, 0.29) is 5.97 Å². The van der Waals surface area contributed by atoms with Crippen molar-refractivity contribution in [3.05, 3.63) is 83.7 Å². The van der Waals surface area contributed by atoms with E-state index in [9.17, 15) is 4.79 Å². The predicted octanol–water partition coefficient (Wildman–Crippen LogP) is 5.67. The summed E-state index contributed by atoms with van der Waals surface area (Å²) in [5.41, 5.74) is 1.63. The molecule has 1 atom stereocenters. The number of cyclic esters (lactones) is 1. The fourth-order valence-electron chi connectivity index (χ4n) is 3.11. The molecular formula is C22H16N2O3S. The third-order valence-corrected chi connectivity index (χ3v) is 5.56. The Kier molecular flexibility index (Phi) is 4.10. The standard InChI is InChI=1S/C22H16N2O3S/c25-21-20-19(17-8-4-5-9-18(17)28-20)24-22(27-21)23-14-10-12-16(13-11-14)26-15-6-2-1-3-7-15/h1-13,22-24H. The summed E-state index contributed by atoms with van der Waals surface area (Å²) >= 11 is 1.44. The molecule has 0 spiro atoms. The molecule has 5 rings (SSSR count). The van der Waals surface area contributed by atoms with E-state index in [4.69, 9.17) is 9.47 Å². The van der Waals surface area contributed by atoms with Crippen LogP contribution < -0.4 is 15.4 Å². The molecule has 0 aliphatic carbocycles. The van der Waals surface area contributed by atoms with Crippen LogP contribution in [0.2, 0.25) is 0 Å². The van der Waals surface area contributed by atoms with Gasteiger partial charge in [0.25, 0.3) is 6.35 Å². The zero-order valence-corrected chi connectivity index (χ0v) is 15.5. The number of thiophene rings is 1. The monoisotopic (exact) mass is 388 g/mol. The molecule has 0 saturated carbocycles. The first-order chi connectivity index (χ1) is 13.8. The molecule has 0 bridgehead atoms. The third-order valence-electron chi connectivity index (χ3n) is 4.41. The minimum atomic E-state index is -0.640. The maximum atomic E-state index is 12.4. The maximum Gasteiger partial charge on any atom is 0.353 e. The number of rotatable bonds is 4. The van der Waals surface area contributed by atoms with Crippen LogP contribution in [0, 0.1) is 0 Å². The van der Waals surface area contributed by atoms with E-state index >= 15 is 0 Å². The van der Waals surface area contributed by atoms with Crippen LogP contribution in [0.3, 0.4) is 0 Å². The molecule has 6 heteroatoms. The van der Waals surface area contributed by atoms with E-state index in [1.807, 2.05) is 78.9 Å². The minimum Gasteiger partial charge on any atom is -0.457 e. The van der Waals surface area contributed by atoms with Crippen LogP contribution in [0.25, 0.3) is 10.1 Å². The number of carbonyl (C=O) groups is 1. The second kappa shape index (κ2) is 6.90. The summed E-state index contributed by atoms with van der Waals surface area (Å²) in [6.45, 7) is 0. The average molecular weight is 388 g/mol. The number of fused-ring (bicyclic) bond motifs is 3. The number of anilines is 2. The molecule has 2 heterocycles. The molecule has 138 valence electrons. The van der Waals surface area contributed by atoms with Crippen LogP contribution in [-0.4, -0.2) is 12.3 Å². The maximum absolute atomic E-state index is 12.4. The van der Waals surface area contributed by atoms with Crippen molar-refractivity contribution in [2.45, 2.75) is 6.35 Å². The average Bonchev–Trinajstić information content (AvgIpc) is 3.10. The van der Waals surface area contributed by atoms with Gasteiger partial charge in [0.2, 0.25) is 0 Å². The van der Waals surface area contributed by atoms with Gasteiger partial charge in [-0.1, -0.05) is 36.4 Å². The molecular weight excluding hydrogens is 372 g/mol. The van der Waals surface area contributed by atoms with Crippen LogP contribution >= 0.6 is 11.3 Å². The quantitative estimate of drug-likeness (QED) is 0.441. The van der Waals surface area contributed by atoms with Gasteiger partial charge in [0.05, 0.1) is 5.69 Å². The molecule has 1 aliphatic rings. The van der Waals surface area contributed by atoms with E-state index < -0.39 is 6.35 Å². The number of ether oxygens (including phenoxy) is 2. The van der Waals surface area contributed by atoms with Gasteiger partial charge in [0.15, 0.2) is 0 Å². The SMILES string of the molecule is O=C1OC(Nc2ccc(Oc3ccccc3)cc2)Nc2c1sc1ccccc21. The third kappa shape index (κ3) is 3.14. The van der Waals surface area contributed by atoms with Gasteiger partial charge in [-0.05, 0) is 42.5 Å². The molecule has 4 aromatic rings. The normalized spacial score (nSPS) is 15.4. The first-order valence-electron chi connectivity index (χ1n) is 8.85. The Morgan fingerprint density at radius 1 is 0.893 bits per heavy atom. The molecule has 28 heavy (non-hydrogen) atoms. The smallest absolute Gasteiger partial charge is 0.353 e. The lowest BCUT2D eigenvalue weighted by molar-refractivity contribution is 0.0393. The number of hydrogen-bond donors (Lipinski definition) is 2. The lowest BCUT2D eigenvalue weighted by Crippen LogP contribution is -2.37. The zero-order chi connectivity index (χ0) is 18.9. The van der Waals surface area contributed by atoms with E-state index in [2.05, 4.69) is 10.6 Å². The Bertz CT molecular complexity index is 1140. The summed E-state index contributed by atoms with van der Waals surface area (Å²) in [4.78, 5) is 13.0. The van der Waals surface area contributed by atoms with Crippen LogP contribution in [0.5, 0.6) is 11.5 Å². The van der Waals surface area contributed by atoms with E-state index in [1.165, 1.54) is 11.3 Å². The highest BCUT2D eigenvalue weighted by Crippen LogP contribution is 2.39. The summed E-state index contributed by atoms with van der Waals surface area (Å²) in [5, 5.41) is 7.50. The van der Waals surface area contributed by atoms with Crippen LogP contribution in [0.15, 0.2) is 78.9 Å². The number of esters is 1. The van der Waals surface area contributed by atoms with Crippen molar-refractivity contribution < 1.29 is 14.3 Å². The van der Waals surface area contributed by atoms with Crippen molar-refractivity contribution >= 4 is 38.8 Å². The summed E-state index contributed by atoms with van der Waals surface area (Å²) in [6.07, 6.45) is -0.640. The van der Waals surface area contributed by atoms with Crippen LogP contribution in [-0.2, 0) is 4.74 Å². The molecule has 1 aliphatic heterocycles. The van der Waals surface area contributed by atoms with Gasteiger partial charge in [0.1, 0.15) is 16.4 Å². The Morgan fingerprint density at radius 2 is 1.61 bits per heavy atom. The molecule has 0 fully saturated rings. The van der Waals surface area contributed by atoms with E-state index in [0.29, 0.717) is 4.88 Å². The summed E-state index contributed by atoms with van der Waals surface area (Å²) in [6, 6.07) is 25.0. The van der Waals surface area contributed by atoms with Crippen molar-refractivity contribution in [3.63, 3.8) is 0 Å². The highest BCUT2D eigenvalue weighted by Gasteiger charge is 2.29. The molecule has 0 saturated heterocycles. The lowest BCUT2D eigenvalue weighted by atomic mass is 10.2. The molecule has 2 N–H and O–H groups in total. The highest BCUT2D eigenvalue weighted by molar-refractivity contribution is 7.21. The first kappa shape index (κ1) is 16.6. The van der Waals surface area contributed by atoms with Gasteiger partial charge in [-0.3, -0.25) is 0 Å². The van der Waals surface area contributed by atoms with Gasteiger partial charge in [0, 0.05) is 15.8 Å². The van der Waals surface area contributed by atoms with Gasteiger partial charge < -0.3 is 20.1 Å². The summed E-state index contributed by atoms with van der Waals surface area (Å²) in [5.74, 6) is 1.19. The second-order valence-corrected chi connectivity index (χ2v) is 7.37.